The van der Waals surface area contributed by atoms with Crippen LogP contribution in [0.5, 0.6) is 0 Å². The maximum absolute atomic E-state index is 12.9. The van der Waals surface area contributed by atoms with Crippen LogP contribution < -0.4 is 15.5 Å². The molecular weight excluding hydrogens is 390 g/mol. The quantitative estimate of drug-likeness (QED) is 0.767. The largest absolute Gasteiger partial charge is 0.349 e. The minimum absolute atomic E-state index is 0.0627. The molecule has 3 amide bonds. The molecule has 162 valence electrons. The van der Waals surface area contributed by atoms with Crippen molar-refractivity contribution in [2.45, 2.75) is 51.5 Å². The van der Waals surface area contributed by atoms with Crippen molar-refractivity contribution in [3.05, 3.63) is 59.7 Å². The van der Waals surface area contributed by atoms with Gasteiger partial charge in [-0.3, -0.25) is 14.4 Å². The Balaban J connectivity index is 1.42. The molecule has 31 heavy (non-hydrogen) atoms. The lowest BCUT2D eigenvalue weighted by atomic mass is 9.95. The molecule has 1 saturated carbocycles. The second-order valence-electron chi connectivity index (χ2n) is 8.58. The van der Waals surface area contributed by atoms with Crippen LogP contribution >= 0.6 is 0 Å². The molecule has 2 aromatic carbocycles. The number of hydrogen-bond donors (Lipinski definition) is 2. The summed E-state index contributed by atoms with van der Waals surface area (Å²) < 4.78 is 0. The Morgan fingerprint density at radius 3 is 2.42 bits per heavy atom. The minimum atomic E-state index is -0.455. The summed E-state index contributed by atoms with van der Waals surface area (Å²) in [7, 11) is 0. The first-order chi connectivity index (χ1) is 15.0. The minimum Gasteiger partial charge on any atom is -0.349 e. The molecule has 1 heterocycles. The van der Waals surface area contributed by atoms with Crippen LogP contribution in [-0.4, -0.2) is 30.3 Å². The van der Waals surface area contributed by atoms with Gasteiger partial charge in [-0.05, 0) is 44.0 Å². The third-order valence-electron chi connectivity index (χ3n) is 6.21. The normalized spacial score (nSPS) is 19.3. The van der Waals surface area contributed by atoms with Crippen molar-refractivity contribution in [1.82, 2.24) is 5.32 Å². The average Bonchev–Trinajstić information content (AvgIpc) is 3.17. The van der Waals surface area contributed by atoms with Gasteiger partial charge >= 0.3 is 0 Å². The van der Waals surface area contributed by atoms with Crippen LogP contribution in [0.25, 0.3) is 0 Å². The zero-order valence-corrected chi connectivity index (χ0v) is 17.9. The average molecular weight is 420 g/mol. The van der Waals surface area contributed by atoms with Crippen molar-refractivity contribution in [2.75, 3.05) is 16.8 Å². The van der Waals surface area contributed by atoms with Crippen LogP contribution in [0.2, 0.25) is 0 Å². The van der Waals surface area contributed by atoms with Crippen molar-refractivity contribution < 1.29 is 14.4 Å². The number of para-hydroxylation sites is 1. The number of aryl methyl sites for hydroxylation is 1. The van der Waals surface area contributed by atoms with Gasteiger partial charge in [0.05, 0.1) is 17.2 Å². The lowest BCUT2D eigenvalue weighted by Crippen LogP contribution is -2.36. The Bertz CT molecular complexity index is 964. The second-order valence-corrected chi connectivity index (χ2v) is 8.58. The summed E-state index contributed by atoms with van der Waals surface area (Å²) in [5.74, 6) is -0.914. The summed E-state index contributed by atoms with van der Waals surface area (Å²) >= 11 is 0. The lowest BCUT2D eigenvalue weighted by molar-refractivity contribution is -0.122. The van der Waals surface area contributed by atoms with Crippen molar-refractivity contribution in [2.24, 2.45) is 5.92 Å². The van der Waals surface area contributed by atoms with Gasteiger partial charge in [0.15, 0.2) is 0 Å². The predicted octanol–water partition coefficient (Wildman–Crippen LogP) is 4.05. The van der Waals surface area contributed by atoms with Gasteiger partial charge in [0.1, 0.15) is 0 Å². The molecule has 1 aliphatic carbocycles. The number of benzene rings is 2. The fourth-order valence-electron chi connectivity index (χ4n) is 4.39. The number of nitrogens with zero attached hydrogens (tertiary/aromatic N) is 1. The number of carbonyl (C=O) groups excluding carboxylic acids is 3. The lowest BCUT2D eigenvalue weighted by Gasteiger charge is -2.23. The van der Waals surface area contributed by atoms with Crippen LogP contribution in [0.4, 0.5) is 11.4 Å². The molecule has 0 unspecified atom stereocenters. The maximum Gasteiger partial charge on any atom is 0.253 e. The summed E-state index contributed by atoms with van der Waals surface area (Å²) in [5.41, 5.74) is 2.87. The van der Waals surface area contributed by atoms with E-state index in [-0.39, 0.29) is 30.2 Å². The summed E-state index contributed by atoms with van der Waals surface area (Å²) in [6, 6.07) is 15.0. The van der Waals surface area contributed by atoms with E-state index in [1.807, 2.05) is 31.2 Å². The van der Waals surface area contributed by atoms with Crippen LogP contribution in [0.3, 0.4) is 0 Å². The highest BCUT2D eigenvalue weighted by Gasteiger charge is 2.35. The first-order valence-electron chi connectivity index (χ1n) is 11.1. The Morgan fingerprint density at radius 1 is 0.968 bits per heavy atom. The molecule has 4 rings (SSSR count). The Hall–Kier alpha value is -3.15. The molecule has 1 aliphatic heterocycles. The smallest absolute Gasteiger partial charge is 0.253 e. The number of hydrogen-bond acceptors (Lipinski definition) is 3. The molecule has 2 fully saturated rings. The summed E-state index contributed by atoms with van der Waals surface area (Å²) in [6.07, 6.45) is 5.65. The SMILES string of the molecule is Cc1ccc(N2C[C@H](C(=O)Nc3ccccc3C(=O)NC3CCCCC3)CC2=O)cc1. The van der Waals surface area contributed by atoms with Crippen LogP contribution in [-0.2, 0) is 9.59 Å². The molecule has 2 N–H and O–H groups in total. The Kier molecular flexibility index (Phi) is 6.35. The van der Waals surface area contributed by atoms with E-state index in [4.69, 9.17) is 0 Å². The van der Waals surface area contributed by atoms with Gasteiger partial charge in [0, 0.05) is 24.7 Å². The third-order valence-corrected chi connectivity index (χ3v) is 6.21. The van der Waals surface area contributed by atoms with E-state index in [2.05, 4.69) is 10.6 Å². The Labute approximate surface area is 183 Å². The predicted molar refractivity (Wildman–Crippen MR) is 121 cm³/mol. The molecule has 2 aliphatic rings. The third kappa shape index (κ3) is 4.95. The molecule has 0 spiro atoms. The van der Waals surface area contributed by atoms with Crippen molar-refractivity contribution in [3.63, 3.8) is 0 Å². The number of carbonyl (C=O) groups is 3. The van der Waals surface area contributed by atoms with E-state index in [0.717, 1.165) is 36.9 Å². The van der Waals surface area contributed by atoms with Gasteiger partial charge in [-0.2, -0.15) is 0 Å². The standard InChI is InChI=1S/C25H29N3O3/c1-17-11-13-20(14-12-17)28-16-18(15-23(28)29)24(30)27-22-10-6-5-9-21(22)25(31)26-19-7-3-2-4-8-19/h5-6,9-14,18-19H,2-4,7-8,15-16H2,1H3,(H,26,31)(H,27,30)/t18-/m1/s1. The fraction of sp³-hybridized carbons (Fsp3) is 0.400. The molecule has 0 bridgehead atoms. The number of amides is 3. The molecule has 1 saturated heterocycles. The van der Waals surface area contributed by atoms with E-state index in [1.54, 1.807) is 29.2 Å². The van der Waals surface area contributed by atoms with Crippen molar-refractivity contribution in [3.8, 4) is 0 Å². The molecule has 6 nitrogen and oxygen atoms in total. The zero-order chi connectivity index (χ0) is 21.8. The van der Waals surface area contributed by atoms with E-state index >= 15 is 0 Å². The van der Waals surface area contributed by atoms with Crippen LogP contribution in [0, 0.1) is 12.8 Å². The monoisotopic (exact) mass is 419 g/mol. The highest BCUT2D eigenvalue weighted by molar-refractivity contribution is 6.07. The highest BCUT2D eigenvalue weighted by atomic mass is 16.2. The molecule has 1 atom stereocenters. The molecule has 0 aromatic heterocycles. The number of rotatable bonds is 5. The first-order valence-corrected chi connectivity index (χ1v) is 11.1. The molecule has 6 heteroatoms. The van der Waals surface area contributed by atoms with Gasteiger partial charge in [-0.1, -0.05) is 49.1 Å². The van der Waals surface area contributed by atoms with E-state index < -0.39 is 5.92 Å². The van der Waals surface area contributed by atoms with E-state index in [9.17, 15) is 14.4 Å². The van der Waals surface area contributed by atoms with Crippen LogP contribution in [0.15, 0.2) is 48.5 Å². The summed E-state index contributed by atoms with van der Waals surface area (Å²) in [5, 5.41) is 6.00. The topological polar surface area (TPSA) is 78.5 Å². The summed E-state index contributed by atoms with van der Waals surface area (Å²) in [6.45, 7) is 2.33. The van der Waals surface area contributed by atoms with Gasteiger partial charge in [-0.15, -0.1) is 0 Å². The van der Waals surface area contributed by atoms with E-state index in [0.29, 0.717) is 17.8 Å². The summed E-state index contributed by atoms with van der Waals surface area (Å²) in [4.78, 5) is 39.9. The van der Waals surface area contributed by atoms with Gasteiger partial charge in [0.2, 0.25) is 11.8 Å². The molecule has 2 aromatic rings. The molecular formula is C25H29N3O3. The van der Waals surface area contributed by atoms with Gasteiger partial charge < -0.3 is 15.5 Å². The first kappa shape index (κ1) is 21.1. The number of anilines is 2. The fourth-order valence-corrected chi connectivity index (χ4v) is 4.39. The Morgan fingerprint density at radius 2 is 1.68 bits per heavy atom. The van der Waals surface area contributed by atoms with E-state index in [1.165, 1.54) is 6.42 Å². The van der Waals surface area contributed by atoms with Crippen molar-refractivity contribution >= 4 is 29.1 Å². The van der Waals surface area contributed by atoms with Crippen LogP contribution in [0.1, 0.15) is 54.4 Å². The van der Waals surface area contributed by atoms with Gasteiger partial charge in [0.25, 0.3) is 5.91 Å². The highest BCUT2D eigenvalue weighted by Crippen LogP contribution is 2.27. The second kappa shape index (κ2) is 9.33. The maximum atomic E-state index is 12.9. The number of nitrogens with one attached hydrogen (secondary N) is 2. The van der Waals surface area contributed by atoms with Crippen molar-refractivity contribution in [1.29, 1.82) is 0 Å². The zero-order valence-electron chi connectivity index (χ0n) is 17.9. The van der Waals surface area contributed by atoms with Gasteiger partial charge in [-0.25, -0.2) is 0 Å². The molecule has 0 radical (unpaired) electrons.